The van der Waals surface area contributed by atoms with Gasteiger partial charge in [-0.2, -0.15) is 5.10 Å². The molecule has 0 spiro atoms. The first-order valence-electron chi connectivity index (χ1n) is 8.19. The highest BCUT2D eigenvalue weighted by atomic mass is 35.5. The summed E-state index contributed by atoms with van der Waals surface area (Å²) in [5.41, 5.74) is 2.78. The predicted molar refractivity (Wildman–Crippen MR) is 102 cm³/mol. The Morgan fingerprint density at radius 3 is 2.63 bits per heavy atom. The molecule has 0 N–H and O–H groups in total. The zero-order chi connectivity index (χ0) is 19.6. The lowest BCUT2D eigenvalue weighted by Crippen LogP contribution is -2.15. The molecule has 0 saturated carbocycles. The molecule has 9 heteroatoms. The predicted octanol–water partition coefficient (Wildman–Crippen LogP) is 3.50. The van der Waals surface area contributed by atoms with E-state index < -0.39 is 0 Å². The van der Waals surface area contributed by atoms with Gasteiger partial charge in [-0.3, -0.25) is 4.79 Å². The smallest absolute Gasteiger partial charge is 0.232 e. The van der Waals surface area contributed by atoms with E-state index in [1.54, 1.807) is 36.2 Å². The number of Topliss-reactive ketones (excluding diaryl/α,β-unsaturated/α-hetero) is 1. The van der Waals surface area contributed by atoms with Crippen LogP contribution in [0.25, 0.3) is 5.65 Å². The average Bonchev–Trinajstić information content (AvgIpc) is 3.01. The number of carbonyl (C=O) groups is 1. The van der Waals surface area contributed by atoms with E-state index >= 15 is 0 Å². The molecule has 0 fully saturated rings. The molecule has 27 heavy (non-hydrogen) atoms. The Kier molecular flexibility index (Phi) is 5.94. The van der Waals surface area contributed by atoms with Gasteiger partial charge >= 0.3 is 0 Å². The van der Waals surface area contributed by atoms with Gasteiger partial charge in [0, 0.05) is 44.0 Å². The van der Waals surface area contributed by atoms with Crippen LogP contribution in [0.2, 0.25) is 10.2 Å². The van der Waals surface area contributed by atoms with Crippen LogP contribution in [0.5, 0.6) is 5.88 Å². The van der Waals surface area contributed by atoms with E-state index in [9.17, 15) is 4.79 Å². The number of ketones is 1. The van der Waals surface area contributed by atoms with E-state index in [0.29, 0.717) is 27.3 Å². The van der Waals surface area contributed by atoms with E-state index in [1.807, 2.05) is 6.92 Å². The summed E-state index contributed by atoms with van der Waals surface area (Å²) in [6.45, 7) is 1.88. The zero-order valence-corrected chi connectivity index (χ0v) is 16.6. The summed E-state index contributed by atoms with van der Waals surface area (Å²) in [6, 6.07) is 3.34. The van der Waals surface area contributed by atoms with Crippen LogP contribution in [-0.4, -0.2) is 39.6 Å². The van der Waals surface area contributed by atoms with Crippen LogP contribution >= 0.6 is 23.2 Å². The van der Waals surface area contributed by atoms with Gasteiger partial charge in [0.25, 0.3) is 0 Å². The van der Waals surface area contributed by atoms with Gasteiger partial charge in [-0.15, -0.1) is 0 Å². The fourth-order valence-electron chi connectivity index (χ4n) is 2.85. The zero-order valence-electron chi connectivity index (χ0n) is 15.1. The summed E-state index contributed by atoms with van der Waals surface area (Å²) in [5, 5.41) is 4.95. The Balaban J connectivity index is 1.87. The Bertz CT molecular complexity index is 990. The normalized spacial score (nSPS) is 12.3. The molecule has 0 aliphatic rings. The van der Waals surface area contributed by atoms with E-state index in [2.05, 4.69) is 15.1 Å². The van der Waals surface area contributed by atoms with Crippen molar-refractivity contribution in [2.24, 2.45) is 0 Å². The number of fused-ring (bicyclic) bond motifs is 1. The second kappa shape index (κ2) is 8.21. The van der Waals surface area contributed by atoms with Gasteiger partial charge in [-0.1, -0.05) is 23.2 Å². The first-order chi connectivity index (χ1) is 12.9. The number of methoxy groups -OCH3 is 2. The average molecular weight is 409 g/mol. The van der Waals surface area contributed by atoms with Gasteiger partial charge < -0.3 is 9.47 Å². The van der Waals surface area contributed by atoms with Crippen LogP contribution in [0.4, 0.5) is 0 Å². The highest BCUT2D eigenvalue weighted by molar-refractivity contribution is 6.31. The minimum Gasteiger partial charge on any atom is -0.480 e. The van der Waals surface area contributed by atoms with Crippen molar-refractivity contribution in [2.75, 3.05) is 14.2 Å². The third kappa shape index (κ3) is 4.21. The molecule has 1 atom stereocenters. The second-order valence-electron chi connectivity index (χ2n) is 6.01. The highest BCUT2D eigenvalue weighted by Gasteiger charge is 2.19. The van der Waals surface area contributed by atoms with Gasteiger partial charge in [0.05, 0.1) is 18.9 Å². The molecule has 3 aromatic heterocycles. The summed E-state index contributed by atoms with van der Waals surface area (Å²) in [4.78, 5) is 21.1. The van der Waals surface area contributed by atoms with Crippen molar-refractivity contribution in [3.63, 3.8) is 0 Å². The molecule has 3 aromatic rings. The minimum atomic E-state index is -0.286. The Hall–Kier alpha value is -2.22. The molecule has 0 aliphatic heterocycles. The number of halogens is 2. The van der Waals surface area contributed by atoms with Crippen molar-refractivity contribution in [3.05, 3.63) is 51.5 Å². The molecule has 0 radical (unpaired) electrons. The Morgan fingerprint density at radius 2 is 1.96 bits per heavy atom. The van der Waals surface area contributed by atoms with Crippen molar-refractivity contribution in [2.45, 2.75) is 25.9 Å². The maximum atomic E-state index is 12.6. The molecule has 142 valence electrons. The van der Waals surface area contributed by atoms with Crippen LogP contribution in [0, 0.1) is 0 Å². The number of pyridine rings is 1. The lowest BCUT2D eigenvalue weighted by molar-refractivity contribution is -0.117. The number of nitrogens with zero attached hydrogens (tertiary/aromatic N) is 4. The summed E-state index contributed by atoms with van der Waals surface area (Å²) < 4.78 is 12.1. The number of aromatic nitrogens is 4. The molecule has 0 unspecified atom stereocenters. The fourth-order valence-corrected chi connectivity index (χ4v) is 3.29. The molecule has 7 nitrogen and oxygen atoms in total. The Labute approximate surface area is 166 Å². The summed E-state index contributed by atoms with van der Waals surface area (Å²) in [7, 11) is 3.08. The number of rotatable bonds is 7. The molecule has 3 rings (SSSR count). The van der Waals surface area contributed by atoms with Crippen LogP contribution in [0.3, 0.4) is 0 Å². The van der Waals surface area contributed by atoms with Gasteiger partial charge in [0.15, 0.2) is 10.8 Å². The molecule has 0 amide bonds. The number of carbonyl (C=O) groups excluding carboxylic acids is 1. The van der Waals surface area contributed by atoms with Crippen LogP contribution < -0.4 is 4.74 Å². The Morgan fingerprint density at radius 1 is 1.19 bits per heavy atom. The first kappa shape index (κ1) is 19.5. The monoisotopic (exact) mass is 408 g/mol. The minimum absolute atomic E-state index is 0.0120. The number of hydrogen-bond donors (Lipinski definition) is 0. The molecular formula is C18H18Cl2N4O3. The highest BCUT2D eigenvalue weighted by Crippen LogP contribution is 2.25. The van der Waals surface area contributed by atoms with Gasteiger partial charge in [-0.25, -0.2) is 14.5 Å². The molecule has 0 saturated heterocycles. The van der Waals surface area contributed by atoms with Crippen LogP contribution in [-0.2, 0) is 22.4 Å². The molecule has 0 aromatic carbocycles. The third-order valence-corrected chi connectivity index (χ3v) is 4.61. The SMILES string of the molecule is COc1ncc(CC(=O)Cc2cnc3cc(Cl)nn3c2[C@H](C)OC)cc1Cl. The van der Waals surface area contributed by atoms with E-state index in [0.717, 1.165) is 11.3 Å². The summed E-state index contributed by atoms with van der Waals surface area (Å²) in [6.07, 6.45) is 3.32. The fraction of sp³-hybridized carbons (Fsp3) is 0.333. The maximum absolute atomic E-state index is 12.6. The number of ether oxygens (including phenoxy) is 2. The lowest BCUT2D eigenvalue weighted by atomic mass is 10.0. The standard InChI is InChI=1S/C18H18Cl2N4O3/c1-10(26-2)17-12(9-21-16-7-15(20)23-24(16)17)6-13(25)4-11-5-14(19)18(27-3)22-8-11/h5,7-10H,4,6H2,1-3H3/t10-/m0/s1. The van der Waals surface area contributed by atoms with E-state index in [-0.39, 0.29) is 24.7 Å². The van der Waals surface area contributed by atoms with E-state index in [1.165, 1.54) is 7.11 Å². The van der Waals surface area contributed by atoms with Crippen molar-refractivity contribution >= 4 is 34.6 Å². The molecule has 0 aliphatic carbocycles. The summed E-state index contributed by atoms with van der Waals surface area (Å²) >= 11 is 12.1. The molecular weight excluding hydrogens is 391 g/mol. The van der Waals surface area contributed by atoms with Crippen LogP contribution in [0.15, 0.2) is 24.5 Å². The molecule has 3 heterocycles. The summed E-state index contributed by atoms with van der Waals surface area (Å²) in [5.74, 6) is 0.316. The van der Waals surface area contributed by atoms with Crippen molar-refractivity contribution in [1.82, 2.24) is 19.6 Å². The third-order valence-electron chi connectivity index (χ3n) is 4.16. The van der Waals surface area contributed by atoms with Gasteiger partial charge in [0.1, 0.15) is 10.8 Å². The quantitative estimate of drug-likeness (QED) is 0.595. The van der Waals surface area contributed by atoms with Crippen molar-refractivity contribution in [1.29, 1.82) is 0 Å². The van der Waals surface area contributed by atoms with Gasteiger partial charge in [-0.05, 0) is 18.6 Å². The number of hydrogen-bond acceptors (Lipinski definition) is 6. The topological polar surface area (TPSA) is 78.6 Å². The van der Waals surface area contributed by atoms with Crippen LogP contribution in [0.1, 0.15) is 29.8 Å². The van der Waals surface area contributed by atoms with E-state index in [4.69, 9.17) is 32.7 Å². The first-order valence-corrected chi connectivity index (χ1v) is 8.94. The van der Waals surface area contributed by atoms with Gasteiger partial charge in [0.2, 0.25) is 5.88 Å². The second-order valence-corrected chi connectivity index (χ2v) is 6.81. The van der Waals surface area contributed by atoms with Crippen molar-refractivity contribution < 1.29 is 14.3 Å². The maximum Gasteiger partial charge on any atom is 0.232 e. The largest absolute Gasteiger partial charge is 0.480 e. The molecule has 0 bridgehead atoms. The van der Waals surface area contributed by atoms with Crippen molar-refractivity contribution in [3.8, 4) is 5.88 Å². The lowest BCUT2D eigenvalue weighted by Gasteiger charge is -2.16.